The summed E-state index contributed by atoms with van der Waals surface area (Å²) in [5.41, 5.74) is 13.0. The molecule has 3 heterocycles. The first-order chi connectivity index (χ1) is 23.1. The molecule has 3 aromatic carbocycles. The lowest BCUT2D eigenvalue weighted by atomic mass is 9.92. The number of halogens is 3. The molecule has 244 valence electrons. The predicted octanol–water partition coefficient (Wildman–Crippen LogP) is 7.34. The monoisotopic (exact) mass is 649 g/mol. The van der Waals surface area contributed by atoms with Crippen LogP contribution in [0.15, 0.2) is 103 Å². The van der Waals surface area contributed by atoms with Crippen molar-refractivity contribution in [1.82, 2.24) is 19.8 Å². The zero-order valence-electron chi connectivity index (χ0n) is 26.3. The number of anilines is 1. The van der Waals surface area contributed by atoms with Crippen LogP contribution in [0, 0.1) is 5.82 Å². The second-order valence-corrected chi connectivity index (χ2v) is 11.8. The fraction of sp³-hybridized carbons (Fsp3) is 0.184. The molecule has 48 heavy (non-hydrogen) atoms. The van der Waals surface area contributed by atoms with Crippen molar-refractivity contribution >= 4 is 23.7 Å². The van der Waals surface area contributed by atoms with Gasteiger partial charge in [0.25, 0.3) is 11.8 Å². The van der Waals surface area contributed by atoms with Gasteiger partial charge in [-0.05, 0) is 88.5 Å². The van der Waals surface area contributed by atoms with E-state index in [1.807, 2.05) is 54.1 Å². The molecule has 1 fully saturated rings. The number of aromatic nitrogens is 2. The molecule has 0 bridgehead atoms. The Morgan fingerprint density at radius 2 is 1.56 bits per heavy atom. The quantitative estimate of drug-likeness (QED) is 0.172. The summed E-state index contributed by atoms with van der Waals surface area (Å²) in [7, 11) is 1.92. The first kappa shape index (κ1) is 32.3. The van der Waals surface area contributed by atoms with E-state index in [9.17, 15) is 22.8 Å². The lowest BCUT2D eigenvalue weighted by Crippen LogP contribution is -2.42. The first-order valence-corrected chi connectivity index (χ1v) is 15.6. The van der Waals surface area contributed by atoms with Gasteiger partial charge in [0, 0.05) is 67.8 Å². The van der Waals surface area contributed by atoms with Gasteiger partial charge in [0.2, 0.25) is 5.91 Å². The minimum atomic E-state index is -2.72. The molecular formula is C38H34F3N5O2. The van der Waals surface area contributed by atoms with Gasteiger partial charge in [-0.3, -0.25) is 9.59 Å². The van der Waals surface area contributed by atoms with Crippen molar-refractivity contribution in [2.75, 3.05) is 18.8 Å². The number of hydrogen-bond acceptors (Lipinski definition) is 4. The highest BCUT2D eigenvalue weighted by atomic mass is 19.3. The molecule has 0 radical (unpaired) electrons. The SMILES string of the molecule is Cn1c(CNC(=O)C=Cc2ccc(N)nc2)ccc1-c1ccc(-c2ccc(C(=O)N3CCC(F)(F)CC3)cc2)cc1-c1ccc(F)cc1. The highest BCUT2D eigenvalue weighted by molar-refractivity contribution is 5.95. The lowest BCUT2D eigenvalue weighted by Gasteiger charge is -2.31. The normalized spacial score (nSPS) is 14.3. The molecule has 0 atom stereocenters. The summed E-state index contributed by atoms with van der Waals surface area (Å²) in [6, 6.07) is 26.8. The maximum Gasteiger partial charge on any atom is 0.253 e. The van der Waals surface area contributed by atoms with Gasteiger partial charge in [0.15, 0.2) is 0 Å². The van der Waals surface area contributed by atoms with E-state index in [2.05, 4.69) is 10.3 Å². The summed E-state index contributed by atoms with van der Waals surface area (Å²) < 4.78 is 43.1. The van der Waals surface area contributed by atoms with E-state index in [1.165, 1.54) is 23.1 Å². The number of piperidine rings is 1. The molecule has 3 N–H and O–H groups in total. The Kier molecular flexibility index (Phi) is 9.16. The molecule has 1 aliphatic heterocycles. The Labute approximate surface area is 276 Å². The first-order valence-electron chi connectivity index (χ1n) is 15.6. The van der Waals surface area contributed by atoms with Gasteiger partial charge < -0.3 is 20.5 Å². The molecule has 0 spiro atoms. The van der Waals surface area contributed by atoms with Gasteiger partial charge in [-0.1, -0.05) is 36.4 Å². The van der Waals surface area contributed by atoms with Crippen molar-refractivity contribution in [3.8, 4) is 33.5 Å². The summed E-state index contributed by atoms with van der Waals surface area (Å²) in [5.74, 6) is -3.17. The average Bonchev–Trinajstić information content (AvgIpc) is 3.46. The number of likely N-dealkylation sites (tertiary alicyclic amines) is 1. The van der Waals surface area contributed by atoms with E-state index in [0.29, 0.717) is 17.9 Å². The van der Waals surface area contributed by atoms with Crippen LogP contribution in [0.2, 0.25) is 0 Å². The van der Waals surface area contributed by atoms with Gasteiger partial charge in [0.1, 0.15) is 11.6 Å². The van der Waals surface area contributed by atoms with E-state index < -0.39 is 5.92 Å². The fourth-order valence-electron chi connectivity index (χ4n) is 5.77. The number of carbonyl (C=O) groups is 2. The largest absolute Gasteiger partial charge is 0.384 e. The van der Waals surface area contributed by atoms with Crippen LogP contribution in [0.4, 0.5) is 19.0 Å². The third-order valence-electron chi connectivity index (χ3n) is 8.60. The second-order valence-electron chi connectivity index (χ2n) is 11.8. The van der Waals surface area contributed by atoms with Gasteiger partial charge in [-0.15, -0.1) is 0 Å². The zero-order chi connectivity index (χ0) is 33.8. The minimum Gasteiger partial charge on any atom is -0.384 e. The van der Waals surface area contributed by atoms with Crippen molar-refractivity contribution in [3.05, 3.63) is 126 Å². The average molecular weight is 650 g/mol. The number of rotatable bonds is 8. The standard InChI is InChI=1S/C38H34F3N5O2/c1-45-31(24-44-36(47)17-3-25-2-16-35(42)43-23-25)13-15-34(45)32-14-10-29(22-33(32)27-8-11-30(39)12-9-27)26-4-6-28(7-5-26)37(48)46-20-18-38(40,41)19-21-46/h2-17,22-23H,18-21,24H2,1H3,(H2,42,43)(H,44,47). The number of hydrogen-bond donors (Lipinski definition) is 2. The van der Waals surface area contributed by atoms with E-state index in [-0.39, 0.29) is 43.6 Å². The van der Waals surface area contributed by atoms with Crippen molar-refractivity contribution in [1.29, 1.82) is 0 Å². The van der Waals surface area contributed by atoms with Crippen LogP contribution in [0.3, 0.4) is 0 Å². The van der Waals surface area contributed by atoms with Gasteiger partial charge in [0.05, 0.1) is 6.54 Å². The molecule has 6 rings (SSSR count). The molecular weight excluding hydrogens is 615 g/mol. The lowest BCUT2D eigenvalue weighted by molar-refractivity contribution is -0.116. The third kappa shape index (κ3) is 7.33. The molecule has 5 aromatic rings. The Bertz CT molecular complexity index is 1960. The Hall–Kier alpha value is -5.64. The van der Waals surface area contributed by atoms with Crippen LogP contribution in [-0.4, -0.2) is 45.3 Å². The number of carbonyl (C=O) groups excluding carboxylic acids is 2. The molecule has 2 aromatic heterocycles. The predicted molar refractivity (Wildman–Crippen MR) is 181 cm³/mol. The van der Waals surface area contributed by atoms with Gasteiger partial charge >= 0.3 is 0 Å². The number of nitrogens with one attached hydrogen (secondary N) is 1. The number of nitrogen functional groups attached to an aromatic ring is 1. The Morgan fingerprint density at radius 3 is 2.25 bits per heavy atom. The summed E-state index contributed by atoms with van der Waals surface area (Å²) in [6.45, 7) is 0.361. The van der Waals surface area contributed by atoms with Crippen LogP contribution >= 0.6 is 0 Å². The summed E-state index contributed by atoms with van der Waals surface area (Å²) in [6.07, 6.45) is 4.05. The van der Waals surface area contributed by atoms with Gasteiger partial charge in [-0.2, -0.15) is 0 Å². The number of alkyl halides is 2. The molecule has 0 aliphatic carbocycles. The zero-order valence-corrected chi connectivity index (χ0v) is 26.3. The number of pyridine rings is 1. The summed E-state index contributed by atoms with van der Waals surface area (Å²) >= 11 is 0. The molecule has 7 nitrogen and oxygen atoms in total. The van der Waals surface area contributed by atoms with Crippen molar-refractivity contribution < 1.29 is 22.8 Å². The van der Waals surface area contributed by atoms with E-state index in [0.717, 1.165) is 44.8 Å². The molecule has 1 aliphatic rings. The van der Waals surface area contributed by atoms with Gasteiger partial charge in [-0.25, -0.2) is 18.2 Å². The Morgan fingerprint density at radius 1 is 0.875 bits per heavy atom. The summed E-state index contributed by atoms with van der Waals surface area (Å²) in [5, 5.41) is 2.91. The smallest absolute Gasteiger partial charge is 0.253 e. The number of benzene rings is 3. The minimum absolute atomic E-state index is 0.0306. The molecule has 0 unspecified atom stereocenters. The van der Waals surface area contributed by atoms with Crippen molar-refractivity contribution in [2.45, 2.75) is 25.3 Å². The fourth-order valence-corrected chi connectivity index (χ4v) is 5.77. The van der Waals surface area contributed by atoms with Crippen LogP contribution < -0.4 is 11.1 Å². The third-order valence-corrected chi connectivity index (χ3v) is 8.60. The summed E-state index contributed by atoms with van der Waals surface area (Å²) in [4.78, 5) is 31.0. The van der Waals surface area contributed by atoms with Crippen molar-refractivity contribution in [2.24, 2.45) is 7.05 Å². The maximum absolute atomic E-state index is 13.9. The van der Waals surface area contributed by atoms with Crippen molar-refractivity contribution in [3.63, 3.8) is 0 Å². The van der Waals surface area contributed by atoms with Crippen LogP contribution in [0.1, 0.15) is 34.5 Å². The number of nitrogens with two attached hydrogens (primary N) is 1. The molecule has 2 amide bonds. The van der Waals surface area contributed by atoms with E-state index in [1.54, 1.807) is 48.7 Å². The number of amides is 2. The van der Waals surface area contributed by atoms with Crippen LogP contribution in [0.5, 0.6) is 0 Å². The molecule has 10 heteroatoms. The second kappa shape index (κ2) is 13.6. The maximum atomic E-state index is 13.9. The van der Waals surface area contributed by atoms with Crippen LogP contribution in [0.25, 0.3) is 39.6 Å². The topological polar surface area (TPSA) is 93.2 Å². The highest BCUT2D eigenvalue weighted by Crippen LogP contribution is 2.37. The highest BCUT2D eigenvalue weighted by Gasteiger charge is 2.35. The van der Waals surface area contributed by atoms with Crippen LogP contribution in [-0.2, 0) is 18.4 Å². The molecule has 0 saturated carbocycles. The van der Waals surface area contributed by atoms with E-state index in [4.69, 9.17) is 5.73 Å². The Balaban J connectivity index is 1.23. The molecule has 1 saturated heterocycles. The number of nitrogens with zero attached hydrogens (tertiary/aromatic N) is 3. The van der Waals surface area contributed by atoms with E-state index >= 15 is 0 Å².